The van der Waals surface area contributed by atoms with Gasteiger partial charge in [0.05, 0.1) is 32.0 Å². The van der Waals surface area contributed by atoms with Crippen LogP contribution in [0, 0.1) is 0 Å². The molecule has 0 aromatic heterocycles. The van der Waals surface area contributed by atoms with Gasteiger partial charge in [0, 0.05) is 6.42 Å². The number of aliphatic hydroxyl groups excluding tert-OH is 8. The maximum atomic E-state index is 13.2. The normalized spacial score (nSPS) is 26.9. The van der Waals surface area contributed by atoms with Crippen LogP contribution in [-0.4, -0.2) is 140 Å². The molecule has 0 bridgehead atoms. The zero-order chi connectivity index (χ0) is 49.6. The van der Waals surface area contributed by atoms with E-state index < -0.39 is 86.8 Å². The lowest BCUT2D eigenvalue weighted by Gasteiger charge is -2.46. The molecule has 14 heteroatoms. The van der Waals surface area contributed by atoms with Gasteiger partial charge >= 0.3 is 0 Å². The first kappa shape index (κ1) is 61.8. The van der Waals surface area contributed by atoms with Crippen molar-refractivity contribution in [3.8, 4) is 0 Å². The van der Waals surface area contributed by atoms with Gasteiger partial charge in [-0.15, -0.1) is 0 Å². The van der Waals surface area contributed by atoms with Gasteiger partial charge in [-0.2, -0.15) is 0 Å². The summed E-state index contributed by atoms with van der Waals surface area (Å²) in [5, 5.41) is 86.7. The number of unbranched alkanes of at least 4 members (excludes halogenated alkanes) is 19. The molecule has 2 fully saturated rings. The summed E-state index contributed by atoms with van der Waals surface area (Å²) >= 11 is 0. The van der Waals surface area contributed by atoms with Crippen LogP contribution in [0.2, 0.25) is 0 Å². The second-order valence-electron chi connectivity index (χ2n) is 18.6. The van der Waals surface area contributed by atoms with Crippen molar-refractivity contribution in [3.63, 3.8) is 0 Å². The minimum atomic E-state index is -1.79. The first-order valence-corrected chi connectivity index (χ1v) is 26.5. The zero-order valence-corrected chi connectivity index (χ0v) is 41.8. The van der Waals surface area contributed by atoms with E-state index >= 15 is 0 Å². The maximum absolute atomic E-state index is 13.2. The molecule has 2 aliphatic rings. The lowest BCUT2D eigenvalue weighted by molar-refractivity contribution is -0.359. The number of aliphatic hydroxyl groups is 8. The Hall–Kier alpha value is -2.31. The van der Waals surface area contributed by atoms with Crippen LogP contribution in [0.25, 0.3) is 0 Å². The molecule has 394 valence electrons. The number of carbonyl (C=O) groups is 1. The molecule has 68 heavy (non-hydrogen) atoms. The summed E-state index contributed by atoms with van der Waals surface area (Å²) in [6.07, 6.45) is 32.6. The van der Waals surface area contributed by atoms with Gasteiger partial charge in [0.15, 0.2) is 12.6 Å². The minimum absolute atomic E-state index is 0.261. The monoisotopic (exact) mass is 966 g/mol. The van der Waals surface area contributed by atoms with Gasteiger partial charge in [0.2, 0.25) is 5.91 Å². The van der Waals surface area contributed by atoms with Crippen LogP contribution in [-0.2, 0) is 23.7 Å². The number of carbonyl (C=O) groups excluding carboxylic acids is 1. The van der Waals surface area contributed by atoms with Crippen LogP contribution in [0.3, 0.4) is 0 Å². The molecule has 9 N–H and O–H groups in total. The van der Waals surface area contributed by atoms with E-state index in [1.54, 1.807) is 6.08 Å². The van der Waals surface area contributed by atoms with Gasteiger partial charge in [-0.1, -0.05) is 158 Å². The molecule has 0 spiro atoms. The third-order valence-electron chi connectivity index (χ3n) is 12.7. The Morgan fingerprint density at radius 2 is 0.985 bits per heavy atom. The van der Waals surface area contributed by atoms with Gasteiger partial charge in [-0.25, -0.2) is 0 Å². The number of nitrogens with one attached hydrogen (secondary N) is 1. The summed E-state index contributed by atoms with van der Waals surface area (Å²) in [4.78, 5) is 13.2. The summed E-state index contributed by atoms with van der Waals surface area (Å²) in [6.45, 7) is 2.70. The predicted octanol–water partition coefficient (Wildman–Crippen LogP) is 7.44. The molecule has 1 amide bonds. The van der Waals surface area contributed by atoms with Crippen molar-refractivity contribution < 1.29 is 64.6 Å². The highest BCUT2D eigenvalue weighted by molar-refractivity contribution is 5.76. The third-order valence-corrected chi connectivity index (χ3v) is 12.7. The molecule has 14 nitrogen and oxygen atoms in total. The van der Waals surface area contributed by atoms with E-state index in [0.717, 1.165) is 57.8 Å². The first-order chi connectivity index (χ1) is 33.1. The third kappa shape index (κ3) is 26.8. The summed E-state index contributed by atoms with van der Waals surface area (Å²) < 4.78 is 22.7. The van der Waals surface area contributed by atoms with Crippen LogP contribution in [0.5, 0.6) is 0 Å². The molecular weight excluding hydrogens is 871 g/mol. The van der Waals surface area contributed by atoms with E-state index in [-0.39, 0.29) is 18.9 Å². The van der Waals surface area contributed by atoms with Crippen molar-refractivity contribution in [2.75, 3.05) is 19.8 Å². The Bertz CT molecular complexity index is 1370. The van der Waals surface area contributed by atoms with Crippen molar-refractivity contribution in [1.29, 1.82) is 0 Å². The van der Waals surface area contributed by atoms with Crippen LogP contribution < -0.4 is 5.32 Å². The SMILES string of the molecule is CCCCC/C=C/CC/C=C/CC/C=C/C(O)C(COC1OC(CO)C(OC2OC(CO)C(O)C(O)C2O)C(O)C1O)NC(=O)CCCCCCCCCCC/C=C\C/C=C\CCCCCCC. The van der Waals surface area contributed by atoms with Crippen LogP contribution >= 0.6 is 0 Å². The average Bonchev–Trinajstić information content (AvgIpc) is 3.34. The van der Waals surface area contributed by atoms with E-state index in [4.69, 9.17) is 18.9 Å². The number of rotatable bonds is 40. The van der Waals surface area contributed by atoms with E-state index in [1.807, 2.05) is 6.08 Å². The molecule has 0 aromatic carbocycles. The number of allylic oxidation sites excluding steroid dienone is 9. The Morgan fingerprint density at radius 3 is 1.56 bits per heavy atom. The fraction of sp³-hybridized carbons (Fsp3) is 0.796. The maximum Gasteiger partial charge on any atom is 0.220 e. The summed E-state index contributed by atoms with van der Waals surface area (Å²) in [7, 11) is 0. The fourth-order valence-corrected chi connectivity index (χ4v) is 8.29. The number of amides is 1. The van der Waals surface area contributed by atoms with Crippen molar-refractivity contribution in [2.24, 2.45) is 0 Å². The topological polar surface area (TPSA) is 228 Å². The van der Waals surface area contributed by atoms with Gasteiger partial charge in [0.1, 0.15) is 48.8 Å². The van der Waals surface area contributed by atoms with E-state index in [2.05, 4.69) is 67.8 Å². The van der Waals surface area contributed by atoms with Crippen LogP contribution in [0.1, 0.15) is 181 Å². The highest BCUT2D eigenvalue weighted by Gasteiger charge is 2.51. The molecule has 2 rings (SSSR count). The van der Waals surface area contributed by atoms with Crippen molar-refractivity contribution >= 4 is 5.91 Å². The molecule has 0 aromatic rings. The van der Waals surface area contributed by atoms with Crippen molar-refractivity contribution in [3.05, 3.63) is 60.8 Å². The molecule has 2 heterocycles. The first-order valence-electron chi connectivity index (χ1n) is 26.5. The molecule has 2 aliphatic heterocycles. The summed E-state index contributed by atoms with van der Waals surface area (Å²) in [5.41, 5.74) is 0. The average molecular weight is 966 g/mol. The molecule has 12 unspecified atom stereocenters. The van der Waals surface area contributed by atoms with Gasteiger partial charge in [-0.3, -0.25) is 4.79 Å². The number of hydrogen-bond donors (Lipinski definition) is 9. The van der Waals surface area contributed by atoms with Crippen molar-refractivity contribution in [1.82, 2.24) is 5.32 Å². The fourth-order valence-electron chi connectivity index (χ4n) is 8.29. The van der Waals surface area contributed by atoms with E-state index in [1.165, 1.54) is 89.9 Å². The molecule has 0 saturated carbocycles. The predicted molar refractivity (Wildman–Crippen MR) is 267 cm³/mol. The largest absolute Gasteiger partial charge is 0.394 e. The van der Waals surface area contributed by atoms with E-state index in [0.29, 0.717) is 12.8 Å². The Labute approximate surface area is 409 Å². The molecule has 0 radical (unpaired) electrons. The van der Waals surface area contributed by atoms with Gasteiger partial charge in [-0.05, 0) is 77.0 Å². The second kappa shape index (κ2) is 40.3. The highest BCUT2D eigenvalue weighted by Crippen LogP contribution is 2.30. The molecular formula is C54H95NO13. The number of hydrogen-bond acceptors (Lipinski definition) is 13. The standard InChI is InChI=1S/C54H95NO13/c1-3-5-7-9-11-13-15-17-18-19-20-21-22-23-24-26-28-30-32-34-36-38-46(59)55-42(43(58)37-35-33-31-29-27-25-16-14-12-10-8-6-4-2)41-65-53-51(64)49(62)52(45(40-57)67-53)68-54-50(63)48(61)47(60)44(39-56)66-54/h12,14-15,17,19-20,27,29,35,37,42-45,47-54,56-58,60-64H,3-11,13,16,18,21-26,28,30-34,36,38-41H2,1-2H3,(H,55,59)/b14-12+,17-15-,20-19-,29-27+,37-35+. The highest BCUT2D eigenvalue weighted by atomic mass is 16.7. The lowest BCUT2D eigenvalue weighted by atomic mass is 9.97. The van der Waals surface area contributed by atoms with E-state index in [9.17, 15) is 45.6 Å². The second-order valence-corrected chi connectivity index (χ2v) is 18.6. The quantitative estimate of drug-likeness (QED) is 0.0215. The summed E-state index contributed by atoms with van der Waals surface area (Å²) in [5.74, 6) is -0.261. The smallest absolute Gasteiger partial charge is 0.220 e. The number of ether oxygens (including phenoxy) is 4. The zero-order valence-electron chi connectivity index (χ0n) is 41.8. The summed E-state index contributed by atoms with van der Waals surface area (Å²) in [6, 6.07) is -0.941. The van der Waals surface area contributed by atoms with Crippen LogP contribution in [0.4, 0.5) is 0 Å². The Morgan fingerprint density at radius 1 is 0.529 bits per heavy atom. The van der Waals surface area contributed by atoms with Gasteiger partial charge < -0.3 is 65.1 Å². The Balaban J connectivity index is 1.82. The molecule has 2 saturated heterocycles. The minimum Gasteiger partial charge on any atom is -0.394 e. The lowest BCUT2D eigenvalue weighted by Crippen LogP contribution is -2.65. The Kier molecular flexibility index (Phi) is 36.6. The van der Waals surface area contributed by atoms with Crippen LogP contribution in [0.15, 0.2) is 60.8 Å². The molecule has 0 aliphatic carbocycles. The van der Waals surface area contributed by atoms with Crippen molar-refractivity contribution in [2.45, 2.75) is 254 Å². The molecule has 12 atom stereocenters. The van der Waals surface area contributed by atoms with Gasteiger partial charge in [0.25, 0.3) is 0 Å².